The van der Waals surface area contributed by atoms with E-state index >= 15 is 0 Å². The van der Waals surface area contributed by atoms with E-state index in [1.807, 2.05) is 11.6 Å². The summed E-state index contributed by atoms with van der Waals surface area (Å²) < 4.78 is 55.5. The molecule has 0 aliphatic heterocycles. The van der Waals surface area contributed by atoms with Crippen molar-refractivity contribution in [2.45, 2.75) is 38.0 Å². The summed E-state index contributed by atoms with van der Waals surface area (Å²) in [7, 11) is 1.36. The summed E-state index contributed by atoms with van der Waals surface area (Å²) in [4.78, 5) is 7.66. The third-order valence-corrected chi connectivity index (χ3v) is 5.00. The first-order chi connectivity index (χ1) is 13.8. The molecule has 0 aromatic carbocycles. The highest BCUT2D eigenvalue weighted by Gasteiger charge is 2.36. The van der Waals surface area contributed by atoms with E-state index in [1.165, 1.54) is 19.4 Å². The molecule has 1 fully saturated rings. The van der Waals surface area contributed by atoms with Crippen LogP contribution >= 0.6 is 0 Å². The molecule has 29 heavy (non-hydrogen) atoms. The molecule has 3 heterocycles. The Morgan fingerprint density at radius 1 is 1.10 bits per heavy atom. The summed E-state index contributed by atoms with van der Waals surface area (Å²) in [6, 6.07) is 0.241. The van der Waals surface area contributed by atoms with Gasteiger partial charge >= 0.3 is 6.18 Å². The molecule has 3 aromatic rings. The highest BCUT2D eigenvalue weighted by atomic mass is 19.4. The van der Waals surface area contributed by atoms with Crippen LogP contribution in [-0.4, -0.2) is 36.6 Å². The van der Waals surface area contributed by atoms with E-state index in [2.05, 4.69) is 30.8 Å². The second-order valence-corrected chi connectivity index (χ2v) is 6.83. The van der Waals surface area contributed by atoms with Crippen LogP contribution in [0.25, 0.3) is 0 Å². The topological polar surface area (TPSA) is 85.5 Å². The summed E-state index contributed by atoms with van der Waals surface area (Å²) in [6.07, 6.45) is 1.82. The molecule has 0 bridgehead atoms. The Labute approximate surface area is 163 Å². The number of nitrogens with one attached hydrogen (secondary N) is 2. The number of hydrogen-bond donors (Lipinski definition) is 2. The fourth-order valence-corrected chi connectivity index (χ4v) is 3.36. The third-order valence-electron chi connectivity index (χ3n) is 5.00. The normalized spacial score (nSPS) is 19.1. The van der Waals surface area contributed by atoms with Gasteiger partial charge in [-0.1, -0.05) is 0 Å². The average Bonchev–Trinajstić information content (AvgIpc) is 3.20. The maximum Gasteiger partial charge on any atom is 0.421 e. The third kappa shape index (κ3) is 3.61. The van der Waals surface area contributed by atoms with Gasteiger partial charge in [-0.25, -0.2) is 9.37 Å². The molecular weight excluding hydrogens is 392 g/mol. The van der Waals surface area contributed by atoms with Crippen LogP contribution in [0.15, 0.2) is 24.8 Å². The Balaban J connectivity index is 1.47. The quantitative estimate of drug-likeness (QED) is 0.624. The molecular formula is C17H18F4N8. The minimum Gasteiger partial charge on any atom is -0.372 e. The molecule has 0 spiro atoms. The SMILES string of the molecule is CNc1nc(Nc2cnn([C@H]3C[C@@H](n4cc(F)cn4)C3)c2C)ncc1C(F)(F)F. The van der Waals surface area contributed by atoms with E-state index in [0.29, 0.717) is 5.69 Å². The minimum atomic E-state index is -4.55. The second-order valence-electron chi connectivity index (χ2n) is 6.83. The van der Waals surface area contributed by atoms with E-state index in [-0.39, 0.29) is 29.7 Å². The predicted octanol–water partition coefficient (Wildman–Crippen LogP) is 3.70. The lowest BCUT2D eigenvalue weighted by Crippen LogP contribution is -2.30. The molecule has 4 rings (SSSR count). The van der Waals surface area contributed by atoms with Crippen molar-refractivity contribution in [2.75, 3.05) is 17.7 Å². The number of anilines is 3. The summed E-state index contributed by atoms with van der Waals surface area (Å²) >= 11 is 0. The van der Waals surface area contributed by atoms with Gasteiger partial charge in [0.1, 0.15) is 11.4 Å². The number of alkyl halides is 3. The smallest absolute Gasteiger partial charge is 0.372 e. The van der Waals surface area contributed by atoms with Crippen molar-refractivity contribution in [1.29, 1.82) is 0 Å². The van der Waals surface area contributed by atoms with Crippen LogP contribution in [0, 0.1) is 12.7 Å². The molecule has 0 atom stereocenters. The number of hydrogen-bond acceptors (Lipinski definition) is 6. The lowest BCUT2D eigenvalue weighted by molar-refractivity contribution is -0.137. The van der Waals surface area contributed by atoms with Crippen molar-refractivity contribution in [3.8, 4) is 0 Å². The van der Waals surface area contributed by atoms with Crippen molar-refractivity contribution in [3.05, 3.63) is 41.9 Å². The van der Waals surface area contributed by atoms with Crippen LogP contribution in [0.5, 0.6) is 0 Å². The lowest BCUT2D eigenvalue weighted by atomic mass is 9.87. The summed E-state index contributed by atoms with van der Waals surface area (Å²) in [6.45, 7) is 1.85. The van der Waals surface area contributed by atoms with Gasteiger partial charge in [0, 0.05) is 13.2 Å². The predicted molar refractivity (Wildman–Crippen MR) is 96.3 cm³/mol. The van der Waals surface area contributed by atoms with Crippen LogP contribution in [0.2, 0.25) is 0 Å². The summed E-state index contributed by atoms with van der Waals surface area (Å²) in [5.74, 6) is -0.649. The van der Waals surface area contributed by atoms with Gasteiger partial charge in [-0.15, -0.1) is 0 Å². The first-order valence-corrected chi connectivity index (χ1v) is 8.89. The number of nitrogens with zero attached hydrogens (tertiary/aromatic N) is 6. The Morgan fingerprint density at radius 3 is 2.48 bits per heavy atom. The van der Waals surface area contributed by atoms with E-state index < -0.39 is 11.7 Å². The molecule has 0 radical (unpaired) electrons. The number of aromatic nitrogens is 6. The largest absolute Gasteiger partial charge is 0.421 e. The Kier molecular flexibility index (Phi) is 4.63. The van der Waals surface area contributed by atoms with Crippen molar-refractivity contribution in [3.63, 3.8) is 0 Å². The van der Waals surface area contributed by atoms with Gasteiger partial charge in [0.2, 0.25) is 5.95 Å². The van der Waals surface area contributed by atoms with Gasteiger partial charge in [0.25, 0.3) is 0 Å². The summed E-state index contributed by atoms with van der Waals surface area (Å²) in [5, 5.41) is 13.7. The Hall–Kier alpha value is -3.18. The molecule has 1 aliphatic carbocycles. The second kappa shape index (κ2) is 7.01. The first kappa shape index (κ1) is 19.2. The molecule has 8 nitrogen and oxygen atoms in total. The highest BCUT2D eigenvalue weighted by Crippen LogP contribution is 2.42. The molecule has 1 aliphatic rings. The van der Waals surface area contributed by atoms with Gasteiger partial charge in [-0.3, -0.25) is 9.36 Å². The average molecular weight is 410 g/mol. The van der Waals surface area contributed by atoms with E-state index in [0.717, 1.165) is 24.7 Å². The number of rotatable bonds is 5. The molecule has 2 N–H and O–H groups in total. The molecule has 12 heteroatoms. The van der Waals surface area contributed by atoms with Crippen molar-refractivity contribution >= 4 is 17.5 Å². The zero-order valence-corrected chi connectivity index (χ0v) is 15.6. The Morgan fingerprint density at radius 2 is 1.86 bits per heavy atom. The molecule has 154 valence electrons. The van der Waals surface area contributed by atoms with Crippen LogP contribution < -0.4 is 10.6 Å². The van der Waals surface area contributed by atoms with Gasteiger partial charge < -0.3 is 10.6 Å². The van der Waals surface area contributed by atoms with Crippen molar-refractivity contribution < 1.29 is 17.6 Å². The van der Waals surface area contributed by atoms with Gasteiger partial charge in [0.05, 0.1) is 42.1 Å². The lowest BCUT2D eigenvalue weighted by Gasteiger charge is -2.36. The van der Waals surface area contributed by atoms with Gasteiger partial charge in [0.15, 0.2) is 5.82 Å². The molecule has 0 saturated heterocycles. The molecule has 0 amide bonds. The van der Waals surface area contributed by atoms with E-state index in [1.54, 1.807) is 10.9 Å². The highest BCUT2D eigenvalue weighted by molar-refractivity contribution is 5.58. The van der Waals surface area contributed by atoms with Crippen LogP contribution in [-0.2, 0) is 6.18 Å². The monoisotopic (exact) mass is 410 g/mol. The maximum atomic E-state index is 13.1. The van der Waals surface area contributed by atoms with E-state index in [9.17, 15) is 17.6 Å². The standard InChI is InChI=1S/C17H18F4N8/c1-9-14(26-16-23-6-13(17(19,20)21)15(22-2)27-16)7-25-29(9)12-3-11(4-12)28-8-10(18)5-24-28/h5-8,11-12H,3-4H2,1-2H3,(H2,22,23,26,27)/t11-,12+. The van der Waals surface area contributed by atoms with Crippen molar-refractivity contribution in [1.82, 2.24) is 29.5 Å². The fraction of sp³-hybridized carbons (Fsp3) is 0.412. The molecule has 1 saturated carbocycles. The number of halogens is 4. The van der Waals surface area contributed by atoms with Crippen LogP contribution in [0.4, 0.5) is 35.0 Å². The minimum absolute atomic E-state index is 0.0310. The Bertz CT molecular complexity index is 1020. The van der Waals surface area contributed by atoms with Crippen LogP contribution in [0.1, 0.15) is 36.2 Å². The maximum absolute atomic E-state index is 13.1. The zero-order chi connectivity index (χ0) is 20.8. The molecule has 0 unspecified atom stereocenters. The van der Waals surface area contributed by atoms with Gasteiger partial charge in [-0.2, -0.15) is 28.4 Å². The van der Waals surface area contributed by atoms with Gasteiger partial charge in [-0.05, 0) is 19.8 Å². The fourth-order valence-electron chi connectivity index (χ4n) is 3.36. The van der Waals surface area contributed by atoms with Crippen LogP contribution in [0.3, 0.4) is 0 Å². The summed E-state index contributed by atoms with van der Waals surface area (Å²) in [5.41, 5.74) is 0.462. The zero-order valence-electron chi connectivity index (χ0n) is 15.6. The van der Waals surface area contributed by atoms with Crippen molar-refractivity contribution in [2.24, 2.45) is 0 Å². The van der Waals surface area contributed by atoms with E-state index in [4.69, 9.17) is 0 Å². The first-order valence-electron chi connectivity index (χ1n) is 8.89. The molecule has 3 aromatic heterocycles.